The molecule has 1 aliphatic heterocycles. The second-order valence-corrected chi connectivity index (χ2v) is 9.54. The molecule has 10 nitrogen and oxygen atoms in total. The van der Waals surface area contributed by atoms with Gasteiger partial charge < -0.3 is 14.9 Å². The van der Waals surface area contributed by atoms with Crippen molar-refractivity contribution in [2.24, 2.45) is 0 Å². The Hall–Kier alpha value is -4.80. The molecular formula is C28H26F7N5O5. The van der Waals surface area contributed by atoms with E-state index >= 15 is 0 Å². The zero-order chi connectivity index (χ0) is 33.4. The normalized spacial score (nSPS) is 15.3. The minimum absolute atomic E-state index is 0.282. The van der Waals surface area contributed by atoms with Crippen molar-refractivity contribution in [1.82, 2.24) is 24.5 Å². The van der Waals surface area contributed by atoms with Crippen LogP contribution in [0.2, 0.25) is 0 Å². The number of fused-ring (bicyclic) bond motifs is 1. The molecule has 0 spiro atoms. The topological polar surface area (TPSA) is 130 Å². The van der Waals surface area contributed by atoms with Gasteiger partial charge in [-0.2, -0.15) is 31.4 Å². The van der Waals surface area contributed by atoms with Crippen LogP contribution in [0, 0.1) is 5.82 Å². The van der Waals surface area contributed by atoms with Crippen LogP contribution in [0.15, 0.2) is 60.9 Å². The zero-order valence-corrected chi connectivity index (χ0v) is 23.4. The summed E-state index contributed by atoms with van der Waals surface area (Å²) in [6, 6.07) is 14.4. The van der Waals surface area contributed by atoms with Crippen LogP contribution in [0.4, 0.5) is 30.7 Å². The number of rotatable bonds is 5. The minimum Gasteiger partial charge on any atom is -0.496 e. The summed E-state index contributed by atoms with van der Waals surface area (Å²) in [6.45, 7) is 2.82. The molecule has 242 valence electrons. The van der Waals surface area contributed by atoms with Gasteiger partial charge in [0, 0.05) is 42.5 Å². The van der Waals surface area contributed by atoms with Gasteiger partial charge >= 0.3 is 24.3 Å². The third-order valence-corrected chi connectivity index (χ3v) is 6.29. The minimum atomic E-state index is -5.08. The van der Waals surface area contributed by atoms with Crippen LogP contribution in [-0.2, 0) is 16.1 Å². The van der Waals surface area contributed by atoms with E-state index in [1.807, 2.05) is 36.7 Å². The number of hydrogen-bond acceptors (Lipinski definition) is 7. The summed E-state index contributed by atoms with van der Waals surface area (Å²) in [5.41, 5.74) is 3.40. The number of benzene rings is 1. The van der Waals surface area contributed by atoms with E-state index in [-0.39, 0.29) is 11.7 Å². The van der Waals surface area contributed by atoms with Gasteiger partial charge in [0.25, 0.3) is 0 Å². The number of carboxylic acid groups (broad SMARTS) is 2. The van der Waals surface area contributed by atoms with Crippen molar-refractivity contribution >= 4 is 17.6 Å². The molecular weight excluding hydrogens is 619 g/mol. The van der Waals surface area contributed by atoms with Gasteiger partial charge in [0.15, 0.2) is 11.5 Å². The predicted molar refractivity (Wildman–Crippen MR) is 144 cm³/mol. The molecule has 0 radical (unpaired) electrons. The van der Waals surface area contributed by atoms with Crippen LogP contribution in [0.3, 0.4) is 0 Å². The lowest BCUT2D eigenvalue weighted by Gasteiger charge is -2.31. The summed E-state index contributed by atoms with van der Waals surface area (Å²) < 4.78 is 84.5. The Morgan fingerprint density at radius 2 is 1.67 bits per heavy atom. The van der Waals surface area contributed by atoms with Gasteiger partial charge in [-0.15, -0.1) is 0 Å². The lowest BCUT2D eigenvalue weighted by molar-refractivity contribution is -0.193. The van der Waals surface area contributed by atoms with Gasteiger partial charge in [0.2, 0.25) is 0 Å². The molecule has 1 atom stereocenters. The van der Waals surface area contributed by atoms with E-state index in [2.05, 4.69) is 16.0 Å². The first kappa shape index (κ1) is 34.7. The molecule has 3 aromatic heterocycles. The zero-order valence-electron chi connectivity index (χ0n) is 23.4. The van der Waals surface area contributed by atoms with Crippen LogP contribution in [-0.4, -0.2) is 79.2 Å². The molecule has 1 aromatic carbocycles. The molecule has 0 aliphatic carbocycles. The third kappa shape index (κ3) is 10.1. The maximum atomic E-state index is 13.8. The Morgan fingerprint density at radius 3 is 2.24 bits per heavy atom. The van der Waals surface area contributed by atoms with Gasteiger partial charge in [-0.25, -0.2) is 23.5 Å². The van der Waals surface area contributed by atoms with Crippen LogP contribution in [0.5, 0.6) is 5.75 Å². The average Bonchev–Trinajstić information content (AvgIpc) is 3.41. The number of carboxylic acids is 2. The molecule has 17 heteroatoms. The summed E-state index contributed by atoms with van der Waals surface area (Å²) in [4.78, 5) is 29.4. The molecule has 4 heterocycles. The first-order valence-electron chi connectivity index (χ1n) is 13.0. The average molecular weight is 646 g/mol. The number of aliphatic carboxylic acids is 2. The molecule has 2 N–H and O–H groups in total. The summed E-state index contributed by atoms with van der Waals surface area (Å²) in [6.07, 6.45) is -4.26. The molecule has 1 fully saturated rings. The Labute approximate surface area is 250 Å². The molecule has 5 rings (SSSR count). The lowest BCUT2D eigenvalue weighted by Crippen LogP contribution is -2.34. The number of hydrogen-bond donors (Lipinski definition) is 2. The fraction of sp³-hybridized carbons (Fsp3) is 0.321. The molecule has 0 saturated carbocycles. The SMILES string of the molecule is COc1ccc(F)cc1-c1ccc2nc(C3CCCN(Cc4ccccn4)C3)nn2c1.O=C(O)C(F)(F)F.O=C(O)C(F)(F)F. The van der Waals surface area contributed by atoms with Crippen molar-refractivity contribution in [3.63, 3.8) is 0 Å². The largest absolute Gasteiger partial charge is 0.496 e. The fourth-order valence-corrected chi connectivity index (χ4v) is 4.27. The number of piperidine rings is 1. The van der Waals surface area contributed by atoms with Crippen LogP contribution in [0.1, 0.15) is 30.3 Å². The molecule has 1 aliphatic rings. The van der Waals surface area contributed by atoms with Crippen molar-refractivity contribution in [1.29, 1.82) is 0 Å². The summed E-state index contributed by atoms with van der Waals surface area (Å²) in [7, 11) is 1.59. The maximum Gasteiger partial charge on any atom is 0.490 e. The number of likely N-dealkylation sites (tertiary alicyclic amines) is 1. The number of aromatic nitrogens is 4. The maximum absolute atomic E-state index is 13.8. The van der Waals surface area contributed by atoms with Crippen molar-refractivity contribution in [3.05, 3.63) is 78.3 Å². The number of alkyl halides is 6. The van der Waals surface area contributed by atoms with E-state index < -0.39 is 24.3 Å². The van der Waals surface area contributed by atoms with Crippen LogP contribution >= 0.6 is 0 Å². The van der Waals surface area contributed by atoms with Gasteiger partial charge in [-0.1, -0.05) is 6.07 Å². The molecule has 1 unspecified atom stereocenters. The van der Waals surface area contributed by atoms with Crippen LogP contribution < -0.4 is 4.74 Å². The Kier molecular flexibility index (Phi) is 11.4. The summed E-state index contributed by atoms with van der Waals surface area (Å²) in [5.74, 6) is -4.05. The van der Waals surface area contributed by atoms with E-state index in [9.17, 15) is 30.7 Å². The Morgan fingerprint density at radius 1 is 1.00 bits per heavy atom. The number of halogens is 7. The monoisotopic (exact) mass is 645 g/mol. The van der Waals surface area contributed by atoms with E-state index in [1.165, 1.54) is 12.1 Å². The van der Waals surface area contributed by atoms with Gasteiger partial charge in [0.05, 0.1) is 12.8 Å². The fourth-order valence-electron chi connectivity index (χ4n) is 4.27. The second kappa shape index (κ2) is 14.8. The van der Waals surface area contributed by atoms with E-state index in [0.29, 0.717) is 11.3 Å². The van der Waals surface area contributed by atoms with E-state index in [4.69, 9.17) is 34.6 Å². The molecule has 0 bridgehead atoms. The van der Waals surface area contributed by atoms with Gasteiger partial charge in [-0.3, -0.25) is 9.88 Å². The highest BCUT2D eigenvalue weighted by molar-refractivity contribution is 5.73. The molecule has 4 aromatic rings. The number of nitrogens with zero attached hydrogens (tertiary/aromatic N) is 5. The number of carbonyl (C=O) groups is 2. The highest BCUT2D eigenvalue weighted by atomic mass is 19.4. The van der Waals surface area contributed by atoms with Gasteiger partial charge in [-0.05, 0) is 61.9 Å². The first-order valence-corrected chi connectivity index (χ1v) is 13.0. The second-order valence-electron chi connectivity index (χ2n) is 9.54. The molecule has 45 heavy (non-hydrogen) atoms. The summed E-state index contributed by atoms with van der Waals surface area (Å²) in [5, 5.41) is 19.0. The predicted octanol–water partition coefficient (Wildman–Crippen LogP) is 5.59. The number of methoxy groups -OCH3 is 1. The van der Waals surface area contributed by atoms with Crippen molar-refractivity contribution in [3.8, 4) is 16.9 Å². The van der Waals surface area contributed by atoms with Crippen molar-refractivity contribution in [2.45, 2.75) is 37.7 Å². The highest BCUT2D eigenvalue weighted by Crippen LogP contribution is 2.31. The van der Waals surface area contributed by atoms with Gasteiger partial charge in [0.1, 0.15) is 11.6 Å². The number of pyridine rings is 2. The first-order chi connectivity index (χ1) is 21.1. The lowest BCUT2D eigenvalue weighted by atomic mass is 9.97. The van der Waals surface area contributed by atoms with E-state index in [0.717, 1.165) is 55.2 Å². The Bertz CT molecular complexity index is 1570. The van der Waals surface area contributed by atoms with Crippen LogP contribution in [0.25, 0.3) is 16.8 Å². The third-order valence-electron chi connectivity index (χ3n) is 6.29. The van der Waals surface area contributed by atoms with Crippen molar-refractivity contribution in [2.75, 3.05) is 20.2 Å². The smallest absolute Gasteiger partial charge is 0.490 e. The standard InChI is InChI=1S/C24H24FN5O.2C2HF3O2/c1-31-22-9-8-19(25)13-21(22)17-7-10-23-27-24(28-30(23)15-17)18-5-4-12-29(14-18)16-20-6-2-3-11-26-20;2*3-2(4,5)1(6)7/h2-3,6-11,13,15,18H,4-5,12,14,16H2,1H3;2*(H,6,7). The highest BCUT2D eigenvalue weighted by Gasteiger charge is 2.38. The molecule has 1 saturated heterocycles. The molecule has 0 amide bonds. The van der Waals surface area contributed by atoms with E-state index in [1.54, 1.807) is 17.7 Å². The summed E-state index contributed by atoms with van der Waals surface area (Å²) >= 11 is 0. The number of ether oxygens (including phenoxy) is 1. The quantitative estimate of drug-likeness (QED) is 0.267. The Balaban J connectivity index is 0.000000331. The van der Waals surface area contributed by atoms with Crippen molar-refractivity contribution < 1.29 is 55.3 Å².